The van der Waals surface area contributed by atoms with Gasteiger partial charge in [-0.25, -0.2) is 13.2 Å². The van der Waals surface area contributed by atoms with E-state index < -0.39 is 34.0 Å². The second kappa shape index (κ2) is 14.9. The average Bonchev–Trinajstić information content (AvgIpc) is 3.00. The van der Waals surface area contributed by atoms with E-state index in [1.54, 1.807) is 30.5 Å². The Kier molecular flexibility index (Phi) is 11.1. The Hall–Kier alpha value is -4.00. The number of rotatable bonds is 13. The number of esters is 1. The number of ether oxygens (including phenoxy) is 1. The SMILES string of the molecule is CCNc1cc(C(=O)N[C@@H](Cc2ccccc2)[C@H](O)CNCc2cncc(C(=O)OC)c2)cc(N2CCCCS2(=O)=O)c1. The van der Waals surface area contributed by atoms with E-state index in [4.69, 9.17) is 4.74 Å². The van der Waals surface area contributed by atoms with Crippen molar-refractivity contribution >= 4 is 33.3 Å². The van der Waals surface area contributed by atoms with E-state index in [0.29, 0.717) is 49.4 Å². The predicted molar refractivity (Wildman–Crippen MR) is 166 cm³/mol. The van der Waals surface area contributed by atoms with Gasteiger partial charge in [-0.2, -0.15) is 0 Å². The minimum absolute atomic E-state index is 0.0708. The molecule has 230 valence electrons. The van der Waals surface area contributed by atoms with Crippen LogP contribution in [-0.4, -0.2) is 75.0 Å². The van der Waals surface area contributed by atoms with Crippen LogP contribution in [0.5, 0.6) is 0 Å². The Morgan fingerprint density at radius 1 is 1.05 bits per heavy atom. The molecule has 4 N–H and O–H groups in total. The number of nitrogens with one attached hydrogen (secondary N) is 3. The summed E-state index contributed by atoms with van der Waals surface area (Å²) in [5, 5.41) is 20.6. The summed E-state index contributed by atoms with van der Waals surface area (Å²) in [5.41, 5.74) is 3.36. The minimum atomic E-state index is -3.47. The zero-order chi connectivity index (χ0) is 30.8. The third kappa shape index (κ3) is 8.76. The molecule has 0 unspecified atom stereocenters. The van der Waals surface area contributed by atoms with Crippen LogP contribution in [0.4, 0.5) is 11.4 Å². The van der Waals surface area contributed by atoms with Gasteiger partial charge in [-0.15, -0.1) is 0 Å². The van der Waals surface area contributed by atoms with Crippen molar-refractivity contribution in [3.05, 3.63) is 89.2 Å². The fourth-order valence-corrected chi connectivity index (χ4v) is 6.62. The molecule has 0 aliphatic carbocycles. The van der Waals surface area contributed by atoms with Crippen molar-refractivity contribution in [2.24, 2.45) is 0 Å². The molecule has 2 atom stereocenters. The summed E-state index contributed by atoms with van der Waals surface area (Å²) in [6, 6.07) is 15.6. The summed E-state index contributed by atoms with van der Waals surface area (Å²) >= 11 is 0. The highest BCUT2D eigenvalue weighted by atomic mass is 32.2. The Morgan fingerprint density at radius 2 is 1.84 bits per heavy atom. The Bertz CT molecular complexity index is 1500. The van der Waals surface area contributed by atoms with Gasteiger partial charge in [-0.1, -0.05) is 30.3 Å². The van der Waals surface area contributed by atoms with Gasteiger partial charge in [0.15, 0.2) is 0 Å². The number of sulfonamides is 1. The molecule has 1 aromatic heterocycles. The number of aliphatic hydroxyl groups excluding tert-OH is 1. The van der Waals surface area contributed by atoms with Crippen LogP contribution in [0.2, 0.25) is 0 Å². The molecule has 43 heavy (non-hydrogen) atoms. The van der Waals surface area contributed by atoms with Gasteiger partial charge < -0.3 is 25.8 Å². The number of aromatic nitrogens is 1. The maximum absolute atomic E-state index is 13.6. The Balaban J connectivity index is 1.52. The van der Waals surface area contributed by atoms with Gasteiger partial charge in [0.05, 0.1) is 36.3 Å². The predicted octanol–water partition coefficient (Wildman–Crippen LogP) is 2.72. The number of carbonyl (C=O) groups excluding carboxylic acids is 2. The highest BCUT2D eigenvalue weighted by Crippen LogP contribution is 2.28. The number of hydrogen-bond donors (Lipinski definition) is 4. The number of hydrogen-bond acceptors (Lipinski definition) is 9. The van der Waals surface area contributed by atoms with Crippen LogP contribution in [0.25, 0.3) is 0 Å². The second-order valence-corrected chi connectivity index (χ2v) is 12.4. The first-order valence-corrected chi connectivity index (χ1v) is 16.0. The van der Waals surface area contributed by atoms with Crippen LogP contribution >= 0.6 is 0 Å². The summed E-state index contributed by atoms with van der Waals surface area (Å²) in [5.74, 6) is -0.842. The number of aliphatic hydroxyl groups is 1. The molecule has 1 aliphatic heterocycles. The molecule has 2 heterocycles. The first kappa shape index (κ1) is 31.9. The average molecular weight is 610 g/mol. The van der Waals surface area contributed by atoms with Gasteiger partial charge in [-0.05, 0) is 61.6 Å². The van der Waals surface area contributed by atoms with E-state index in [-0.39, 0.29) is 17.9 Å². The van der Waals surface area contributed by atoms with Crippen LogP contribution in [0.3, 0.4) is 0 Å². The van der Waals surface area contributed by atoms with Crippen molar-refractivity contribution in [3.8, 4) is 0 Å². The molecule has 1 amide bonds. The number of anilines is 2. The van der Waals surface area contributed by atoms with E-state index in [2.05, 4.69) is 20.9 Å². The van der Waals surface area contributed by atoms with Crippen LogP contribution in [0.15, 0.2) is 67.0 Å². The number of nitrogens with zero attached hydrogens (tertiary/aromatic N) is 2. The van der Waals surface area contributed by atoms with Gasteiger partial charge in [0.25, 0.3) is 5.91 Å². The van der Waals surface area contributed by atoms with Crippen molar-refractivity contribution in [2.45, 2.75) is 44.9 Å². The van der Waals surface area contributed by atoms with Crippen LogP contribution in [-0.2, 0) is 27.7 Å². The standard InChI is InChI=1S/C31H39N5O6S/c1-3-34-26-15-24(16-27(17-26)36-11-7-8-12-43(36,40)41)30(38)35-28(14-22-9-5-4-6-10-22)29(37)21-33-19-23-13-25(20-32-18-23)31(39)42-2/h4-6,9-10,13,15-18,20,28-29,33-34,37H,3,7-8,11-12,14,19,21H2,1-2H3,(H,35,38)/t28-,29+/m0/s1. The largest absolute Gasteiger partial charge is 0.465 e. The van der Waals surface area contributed by atoms with Crippen molar-refractivity contribution in [1.29, 1.82) is 0 Å². The topological polar surface area (TPSA) is 150 Å². The molecule has 0 spiro atoms. The minimum Gasteiger partial charge on any atom is -0.465 e. The fraction of sp³-hybridized carbons (Fsp3) is 0.387. The summed E-state index contributed by atoms with van der Waals surface area (Å²) < 4.78 is 31.7. The van der Waals surface area contributed by atoms with E-state index in [1.807, 2.05) is 37.3 Å². The maximum atomic E-state index is 13.6. The van der Waals surface area contributed by atoms with E-state index in [9.17, 15) is 23.1 Å². The lowest BCUT2D eigenvalue weighted by molar-refractivity contribution is 0.0600. The summed E-state index contributed by atoms with van der Waals surface area (Å²) in [6.07, 6.45) is 3.79. The molecule has 1 fully saturated rings. The number of carbonyl (C=O) groups is 2. The third-order valence-corrected chi connectivity index (χ3v) is 9.05. The molecule has 1 saturated heterocycles. The van der Waals surface area contributed by atoms with Gasteiger partial charge in [0.2, 0.25) is 10.0 Å². The van der Waals surface area contributed by atoms with Gasteiger partial charge in [-0.3, -0.25) is 14.1 Å². The molecule has 4 rings (SSSR count). The lowest BCUT2D eigenvalue weighted by Crippen LogP contribution is -2.48. The van der Waals surface area contributed by atoms with Crippen LogP contribution in [0.1, 0.15) is 51.6 Å². The molecule has 0 saturated carbocycles. The molecule has 0 radical (unpaired) electrons. The monoisotopic (exact) mass is 609 g/mol. The molecule has 0 bridgehead atoms. The molecular weight excluding hydrogens is 570 g/mol. The normalized spacial score (nSPS) is 15.7. The van der Waals surface area contributed by atoms with Gasteiger partial charge in [0, 0.05) is 49.8 Å². The molecule has 2 aromatic carbocycles. The lowest BCUT2D eigenvalue weighted by atomic mass is 10.00. The van der Waals surface area contributed by atoms with E-state index in [0.717, 1.165) is 17.5 Å². The zero-order valence-corrected chi connectivity index (χ0v) is 25.3. The first-order valence-electron chi connectivity index (χ1n) is 14.4. The summed E-state index contributed by atoms with van der Waals surface area (Å²) in [7, 11) is -2.17. The van der Waals surface area contributed by atoms with Crippen molar-refractivity contribution in [3.63, 3.8) is 0 Å². The lowest BCUT2D eigenvalue weighted by Gasteiger charge is -2.29. The maximum Gasteiger partial charge on any atom is 0.339 e. The highest BCUT2D eigenvalue weighted by Gasteiger charge is 2.28. The molecule has 3 aromatic rings. The quantitative estimate of drug-likeness (QED) is 0.215. The second-order valence-electron chi connectivity index (χ2n) is 10.4. The Labute approximate surface area is 252 Å². The first-order chi connectivity index (χ1) is 20.7. The van der Waals surface area contributed by atoms with Crippen LogP contribution < -0.4 is 20.3 Å². The number of pyridine rings is 1. The third-order valence-electron chi connectivity index (χ3n) is 7.18. The Morgan fingerprint density at radius 3 is 2.56 bits per heavy atom. The number of methoxy groups -OCH3 is 1. The molecular formula is C31H39N5O6S. The zero-order valence-electron chi connectivity index (χ0n) is 24.5. The molecule has 12 heteroatoms. The molecule has 11 nitrogen and oxygen atoms in total. The van der Waals surface area contributed by atoms with Crippen molar-refractivity contribution in [1.82, 2.24) is 15.6 Å². The smallest absolute Gasteiger partial charge is 0.339 e. The van der Waals surface area contributed by atoms with Gasteiger partial charge in [0.1, 0.15) is 0 Å². The van der Waals surface area contributed by atoms with Crippen molar-refractivity contribution in [2.75, 3.05) is 42.1 Å². The summed E-state index contributed by atoms with van der Waals surface area (Å²) in [6.45, 7) is 3.35. The fourth-order valence-electron chi connectivity index (χ4n) is 4.99. The van der Waals surface area contributed by atoms with E-state index >= 15 is 0 Å². The highest BCUT2D eigenvalue weighted by molar-refractivity contribution is 7.92. The van der Waals surface area contributed by atoms with E-state index in [1.165, 1.54) is 17.6 Å². The van der Waals surface area contributed by atoms with Gasteiger partial charge >= 0.3 is 5.97 Å². The summed E-state index contributed by atoms with van der Waals surface area (Å²) in [4.78, 5) is 29.5. The van der Waals surface area contributed by atoms with Crippen molar-refractivity contribution < 1.29 is 27.9 Å². The molecule has 1 aliphatic rings. The number of amides is 1. The van der Waals surface area contributed by atoms with Crippen LogP contribution in [0, 0.1) is 0 Å². The number of benzene rings is 2.